The second kappa shape index (κ2) is 5.09. The first-order valence-corrected chi connectivity index (χ1v) is 5.40. The Kier molecular flexibility index (Phi) is 4.01. The van der Waals surface area contributed by atoms with Crippen LogP contribution in [0.25, 0.3) is 0 Å². The minimum Gasteiger partial charge on any atom is -0.478 e. The molecule has 0 aliphatic rings. The molecule has 0 aliphatic carbocycles. The number of carboxylic acids is 2. The highest BCUT2D eigenvalue weighted by Gasteiger charge is 2.18. The summed E-state index contributed by atoms with van der Waals surface area (Å²) < 4.78 is 0.310. The smallest absolute Gasteiger partial charge is 0.336 e. The van der Waals surface area contributed by atoms with E-state index in [4.69, 9.17) is 10.2 Å². The van der Waals surface area contributed by atoms with Gasteiger partial charge in [-0.1, -0.05) is 15.9 Å². The summed E-state index contributed by atoms with van der Waals surface area (Å²) in [6.07, 6.45) is -0.0535. The monoisotopic (exact) mass is 300 g/mol. The van der Waals surface area contributed by atoms with E-state index in [1.54, 1.807) is 0 Å². The zero-order chi connectivity index (χ0) is 13.2. The van der Waals surface area contributed by atoms with E-state index in [0.717, 1.165) is 6.07 Å². The van der Waals surface area contributed by atoms with Crippen LogP contribution in [0.2, 0.25) is 0 Å². The molecule has 1 aromatic rings. The maximum absolute atomic E-state index is 11.0. The summed E-state index contributed by atoms with van der Waals surface area (Å²) in [5.74, 6) is -2.68. The van der Waals surface area contributed by atoms with Gasteiger partial charge in [-0.05, 0) is 24.6 Å². The van der Waals surface area contributed by atoms with Gasteiger partial charge in [0.05, 0.1) is 11.1 Å². The Bertz CT molecular complexity index is 507. The van der Waals surface area contributed by atoms with E-state index in [1.807, 2.05) is 0 Å². The molecule has 0 saturated heterocycles. The molecule has 5 nitrogen and oxygen atoms in total. The van der Waals surface area contributed by atoms with Crippen LogP contribution in [0.3, 0.4) is 0 Å². The van der Waals surface area contributed by atoms with Crippen molar-refractivity contribution in [3.63, 3.8) is 0 Å². The highest BCUT2D eigenvalue weighted by molar-refractivity contribution is 9.10. The highest BCUT2D eigenvalue weighted by Crippen LogP contribution is 2.24. The summed E-state index contributed by atoms with van der Waals surface area (Å²) in [5.41, 5.74) is -0.0245. The van der Waals surface area contributed by atoms with Gasteiger partial charge in [0.2, 0.25) is 0 Å². The lowest BCUT2D eigenvalue weighted by Gasteiger charge is -2.08. The zero-order valence-electron chi connectivity index (χ0n) is 8.86. The third-order valence-electron chi connectivity index (χ3n) is 2.10. The van der Waals surface area contributed by atoms with Crippen LogP contribution in [0.4, 0.5) is 0 Å². The molecule has 90 valence electrons. The first-order valence-electron chi connectivity index (χ1n) is 4.61. The van der Waals surface area contributed by atoms with Gasteiger partial charge in [-0.3, -0.25) is 4.79 Å². The van der Waals surface area contributed by atoms with Crippen LogP contribution in [0, 0.1) is 0 Å². The zero-order valence-corrected chi connectivity index (χ0v) is 10.4. The number of Topliss-reactive ketones (excluding diaryl/α,β-unsaturated/α-hetero) is 1. The predicted molar refractivity (Wildman–Crippen MR) is 62.4 cm³/mol. The average molecular weight is 301 g/mol. The number of ketones is 1. The van der Waals surface area contributed by atoms with Crippen LogP contribution < -0.4 is 0 Å². The fraction of sp³-hybridized carbons (Fsp3) is 0.182. The van der Waals surface area contributed by atoms with Crippen LogP contribution in [-0.2, 0) is 11.2 Å². The minimum atomic E-state index is -1.26. The third-order valence-corrected chi connectivity index (χ3v) is 2.81. The Hall–Kier alpha value is -1.69. The predicted octanol–water partition coefficient (Wildman–Crippen LogP) is 1.98. The molecule has 6 heteroatoms. The van der Waals surface area contributed by atoms with E-state index in [2.05, 4.69) is 15.9 Å². The molecule has 17 heavy (non-hydrogen) atoms. The molecule has 0 heterocycles. The van der Waals surface area contributed by atoms with Crippen LogP contribution in [0.15, 0.2) is 16.6 Å². The van der Waals surface area contributed by atoms with Gasteiger partial charge < -0.3 is 10.2 Å². The Morgan fingerprint density at radius 1 is 1.18 bits per heavy atom. The molecule has 0 aromatic heterocycles. The number of halogens is 1. The molecule has 0 saturated carbocycles. The van der Waals surface area contributed by atoms with E-state index < -0.39 is 11.9 Å². The maximum Gasteiger partial charge on any atom is 0.336 e. The second-order valence-electron chi connectivity index (χ2n) is 3.47. The third kappa shape index (κ3) is 3.13. The molecule has 0 unspecified atom stereocenters. The van der Waals surface area contributed by atoms with Gasteiger partial charge in [-0.15, -0.1) is 0 Å². The van der Waals surface area contributed by atoms with Crippen molar-refractivity contribution >= 4 is 33.7 Å². The van der Waals surface area contributed by atoms with E-state index in [-0.39, 0.29) is 28.9 Å². The van der Waals surface area contributed by atoms with Gasteiger partial charge in [0.15, 0.2) is 0 Å². The SMILES string of the molecule is CC(=O)Cc1c(Br)cc(C(=O)O)cc1C(=O)O. The number of rotatable bonds is 4. The molecule has 2 N–H and O–H groups in total. The maximum atomic E-state index is 11.0. The number of benzene rings is 1. The molecule has 0 spiro atoms. The van der Waals surface area contributed by atoms with Crippen molar-refractivity contribution in [3.8, 4) is 0 Å². The molecule has 1 rings (SSSR count). The summed E-state index contributed by atoms with van der Waals surface area (Å²) in [6, 6.07) is 2.33. The summed E-state index contributed by atoms with van der Waals surface area (Å²) in [6.45, 7) is 1.34. The lowest BCUT2D eigenvalue weighted by atomic mass is 10.00. The average Bonchev–Trinajstić information content (AvgIpc) is 2.19. The second-order valence-corrected chi connectivity index (χ2v) is 4.33. The molecule has 0 amide bonds. The first-order chi connectivity index (χ1) is 7.82. The molecule has 0 bridgehead atoms. The summed E-state index contributed by atoms with van der Waals surface area (Å²) in [7, 11) is 0. The molecular formula is C11H9BrO5. The molecule has 0 radical (unpaired) electrons. The van der Waals surface area contributed by atoms with Gasteiger partial charge in [-0.2, -0.15) is 0 Å². The quantitative estimate of drug-likeness (QED) is 0.887. The minimum absolute atomic E-state index is 0.0535. The van der Waals surface area contributed by atoms with Crippen molar-refractivity contribution in [2.75, 3.05) is 0 Å². The Morgan fingerprint density at radius 2 is 1.76 bits per heavy atom. The van der Waals surface area contributed by atoms with Crippen LogP contribution >= 0.6 is 15.9 Å². The van der Waals surface area contributed by atoms with Crippen molar-refractivity contribution in [1.29, 1.82) is 0 Å². The summed E-state index contributed by atoms with van der Waals surface area (Å²) >= 11 is 3.08. The summed E-state index contributed by atoms with van der Waals surface area (Å²) in [4.78, 5) is 32.8. The van der Waals surface area contributed by atoms with Gasteiger partial charge >= 0.3 is 11.9 Å². The number of carbonyl (C=O) groups is 3. The number of hydrogen-bond donors (Lipinski definition) is 2. The highest BCUT2D eigenvalue weighted by atomic mass is 79.9. The summed E-state index contributed by atoms with van der Waals surface area (Å²) in [5, 5.41) is 17.8. The fourth-order valence-corrected chi connectivity index (χ4v) is 1.98. The van der Waals surface area contributed by atoms with E-state index >= 15 is 0 Å². The van der Waals surface area contributed by atoms with Gasteiger partial charge in [0.25, 0.3) is 0 Å². The number of aromatic carboxylic acids is 2. The van der Waals surface area contributed by atoms with Crippen molar-refractivity contribution in [2.24, 2.45) is 0 Å². The van der Waals surface area contributed by atoms with Gasteiger partial charge in [-0.25, -0.2) is 9.59 Å². The van der Waals surface area contributed by atoms with Crippen LogP contribution in [-0.4, -0.2) is 27.9 Å². The van der Waals surface area contributed by atoms with Gasteiger partial charge in [0.1, 0.15) is 5.78 Å². The number of carbonyl (C=O) groups excluding carboxylic acids is 1. The van der Waals surface area contributed by atoms with Gasteiger partial charge in [0, 0.05) is 10.9 Å². The molecule has 0 fully saturated rings. The Labute approximate surface area is 105 Å². The van der Waals surface area contributed by atoms with Crippen LogP contribution in [0.5, 0.6) is 0 Å². The Balaban J connectivity index is 3.43. The van der Waals surface area contributed by atoms with Crippen molar-refractivity contribution < 1.29 is 24.6 Å². The fourth-order valence-electron chi connectivity index (χ4n) is 1.38. The topological polar surface area (TPSA) is 91.7 Å². The normalized spacial score (nSPS) is 10.0. The van der Waals surface area contributed by atoms with Crippen LogP contribution in [0.1, 0.15) is 33.2 Å². The number of hydrogen-bond acceptors (Lipinski definition) is 3. The standard InChI is InChI=1S/C11H9BrO5/c1-5(13)2-7-8(11(16)17)3-6(10(14)15)4-9(7)12/h3-4H,2H2,1H3,(H,14,15)(H,16,17). The van der Waals surface area contributed by atoms with Crippen molar-refractivity contribution in [3.05, 3.63) is 33.3 Å². The van der Waals surface area contributed by atoms with Crippen molar-refractivity contribution in [1.82, 2.24) is 0 Å². The Morgan fingerprint density at radius 3 is 2.18 bits per heavy atom. The molecule has 0 atom stereocenters. The first kappa shape index (κ1) is 13.4. The lowest BCUT2D eigenvalue weighted by Crippen LogP contribution is -2.10. The van der Waals surface area contributed by atoms with E-state index in [1.165, 1.54) is 13.0 Å². The largest absolute Gasteiger partial charge is 0.478 e. The molecular weight excluding hydrogens is 292 g/mol. The lowest BCUT2D eigenvalue weighted by molar-refractivity contribution is -0.116. The van der Waals surface area contributed by atoms with E-state index in [9.17, 15) is 14.4 Å². The molecule has 1 aromatic carbocycles. The van der Waals surface area contributed by atoms with Crippen molar-refractivity contribution in [2.45, 2.75) is 13.3 Å². The molecule has 0 aliphatic heterocycles. The number of carboxylic acid groups (broad SMARTS) is 2. The van der Waals surface area contributed by atoms with E-state index in [0.29, 0.717) is 4.47 Å².